The summed E-state index contributed by atoms with van der Waals surface area (Å²) in [6, 6.07) is 7.79. The van der Waals surface area contributed by atoms with E-state index in [1.807, 2.05) is 30.1 Å². The molecule has 2 fully saturated rings. The van der Waals surface area contributed by atoms with Gasteiger partial charge in [0.1, 0.15) is 5.60 Å². The molecule has 0 bridgehead atoms. The molecule has 35 heavy (non-hydrogen) atoms. The second kappa shape index (κ2) is 8.10. The van der Waals surface area contributed by atoms with Crippen molar-refractivity contribution in [3.63, 3.8) is 0 Å². The molecule has 1 aromatic carbocycles. The van der Waals surface area contributed by atoms with Crippen molar-refractivity contribution in [2.75, 3.05) is 13.1 Å². The van der Waals surface area contributed by atoms with Crippen LogP contribution in [0.1, 0.15) is 54.8 Å². The molecule has 188 valence electrons. The first-order valence-corrected chi connectivity index (χ1v) is 15.8. The molecule has 2 aliphatic heterocycles. The van der Waals surface area contributed by atoms with E-state index < -0.39 is 13.7 Å². The fraction of sp³-hybridized carbons (Fsp3) is 0.577. The molecule has 5 rings (SSSR count). The molecule has 1 saturated heterocycles. The third-order valence-corrected chi connectivity index (χ3v) is 15.9. The standard InChI is InChI=1S/C26H35ClN4O3Si/c1-25(2,3)35(5,6)22-16(12-26(22)15-28-24(33)34-26)14-31-20(11-21-19(27)13-29-30(21)4)17-9-7-8-10-18(17)23(31)32/h7-10,13,16,20,22H,11-12,14-15H2,1-6H3,(H,28,33). The van der Waals surface area contributed by atoms with Crippen LogP contribution in [-0.2, 0) is 18.2 Å². The highest BCUT2D eigenvalue weighted by molar-refractivity contribution is 6.82. The van der Waals surface area contributed by atoms with Crippen molar-refractivity contribution in [1.29, 1.82) is 0 Å². The number of alkyl carbamates (subject to hydrolysis) is 1. The van der Waals surface area contributed by atoms with E-state index in [1.54, 1.807) is 10.9 Å². The summed E-state index contributed by atoms with van der Waals surface area (Å²) in [7, 11) is -0.0312. The zero-order valence-corrected chi connectivity index (χ0v) is 23.1. The topological polar surface area (TPSA) is 76.5 Å². The maximum Gasteiger partial charge on any atom is 0.407 e. The number of fused-ring (bicyclic) bond motifs is 1. The third-order valence-electron chi connectivity index (χ3n) is 9.20. The predicted molar refractivity (Wildman–Crippen MR) is 138 cm³/mol. The second-order valence-electron chi connectivity index (χ2n) is 12.0. The lowest BCUT2D eigenvalue weighted by molar-refractivity contribution is -0.0589. The van der Waals surface area contributed by atoms with Crippen molar-refractivity contribution in [2.24, 2.45) is 13.0 Å². The van der Waals surface area contributed by atoms with Crippen LogP contribution in [0.4, 0.5) is 4.79 Å². The van der Waals surface area contributed by atoms with Gasteiger partial charge < -0.3 is 15.0 Å². The summed E-state index contributed by atoms with van der Waals surface area (Å²) in [5.41, 5.74) is 2.53. The van der Waals surface area contributed by atoms with Crippen molar-refractivity contribution in [1.82, 2.24) is 20.0 Å². The van der Waals surface area contributed by atoms with E-state index in [-0.39, 0.29) is 34.5 Å². The van der Waals surface area contributed by atoms with Crippen molar-refractivity contribution >= 4 is 31.7 Å². The van der Waals surface area contributed by atoms with Crippen molar-refractivity contribution in [3.8, 4) is 0 Å². The number of aromatic nitrogens is 2. The molecule has 3 aliphatic rings. The van der Waals surface area contributed by atoms with Crippen LogP contribution in [0.25, 0.3) is 0 Å². The van der Waals surface area contributed by atoms with Gasteiger partial charge in [0, 0.05) is 31.1 Å². The lowest BCUT2D eigenvalue weighted by Gasteiger charge is -2.61. The van der Waals surface area contributed by atoms with Crippen LogP contribution in [0.15, 0.2) is 30.5 Å². The van der Waals surface area contributed by atoms with Crippen LogP contribution < -0.4 is 5.32 Å². The molecule has 1 N–H and O–H groups in total. The number of benzene rings is 1. The van der Waals surface area contributed by atoms with Gasteiger partial charge in [-0.15, -0.1) is 0 Å². The molecule has 2 amide bonds. The number of ether oxygens (including phenoxy) is 1. The Hall–Kier alpha value is -2.32. The molecule has 2 aromatic rings. The van der Waals surface area contributed by atoms with Crippen molar-refractivity contribution in [2.45, 2.75) is 68.9 Å². The van der Waals surface area contributed by atoms with E-state index in [4.69, 9.17) is 16.3 Å². The molecular formula is C26H35ClN4O3Si. The van der Waals surface area contributed by atoms with Gasteiger partial charge in [-0.2, -0.15) is 5.10 Å². The average Bonchev–Trinajstić information content (AvgIpc) is 3.39. The summed E-state index contributed by atoms with van der Waals surface area (Å²) in [5.74, 6) is 0.340. The predicted octanol–water partition coefficient (Wildman–Crippen LogP) is 5.19. The van der Waals surface area contributed by atoms with Crippen LogP contribution in [0.3, 0.4) is 0 Å². The smallest absolute Gasteiger partial charge is 0.407 e. The van der Waals surface area contributed by atoms with Crippen LogP contribution in [0.2, 0.25) is 28.7 Å². The first kappa shape index (κ1) is 24.4. The Morgan fingerprint density at radius 2 is 1.97 bits per heavy atom. The number of hydrogen-bond donors (Lipinski definition) is 1. The van der Waals surface area contributed by atoms with Gasteiger partial charge in [0.25, 0.3) is 5.91 Å². The maximum atomic E-state index is 13.7. The quantitative estimate of drug-likeness (QED) is 0.557. The van der Waals surface area contributed by atoms with Gasteiger partial charge in [-0.3, -0.25) is 9.48 Å². The fourth-order valence-electron chi connectivity index (χ4n) is 6.59. The number of aryl methyl sites for hydroxylation is 1. The number of rotatable bonds is 5. The summed E-state index contributed by atoms with van der Waals surface area (Å²) < 4.78 is 7.76. The lowest BCUT2D eigenvalue weighted by Crippen LogP contribution is -2.66. The zero-order chi connectivity index (χ0) is 25.3. The molecule has 7 nitrogen and oxygen atoms in total. The van der Waals surface area contributed by atoms with Crippen molar-refractivity contribution < 1.29 is 14.3 Å². The van der Waals surface area contributed by atoms with Crippen LogP contribution in [-0.4, -0.2) is 53.4 Å². The van der Waals surface area contributed by atoms with Gasteiger partial charge in [0.2, 0.25) is 0 Å². The fourth-order valence-corrected chi connectivity index (χ4v) is 10.8. The highest BCUT2D eigenvalue weighted by Gasteiger charge is 2.67. The minimum Gasteiger partial charge on any atom is -0.441 e. The van der Waals surface area contributed by atoms with Crippen LogP contribution in [0.5, 0.6) is 0 Å². The molecular weight excluding hydrogens is 480 g/mol. The Morgan fingerprint density at radius 3 is 2.57 bits per heavy atom. The number of carbonyl (C=O) groups excluding carboxylic acids is 2. The Kier molecular flexibility index (Phi) is 5.64. The van der Waals surface area contributed by atoms with Crippen LogP contribution in [0, 0.1) is 5.92 Å². The number of amides is 2. The number of nitrogens with zero attached hydrogens (tertiary/aromatic N) is 3. The van der Waals surface area contributed by atoms with E-state index in [1.165, 1.54) is 0 Å². The van der Waals surface area contributed by atoms with Gasteiger partial charge in [-0.1, -0.05) is 63.7 Å². The molecule has 1 saturated carbocycles. The maximum absolute atomic E-state index is 13.7. The number of nitrogens with one attached hydrogen (secondary N) is 1. The number of carbonyl (C=O) groups is 2. The summed E-state index contributed by atoms with van der Waals surface area (Å²) >= 11 is 6.47. The molecule has 3 heterocycles. The lowest BCUT2D eigenvalue weighted by atomic mass is 9.69. The number of hydrogen-bond acceptors (Lipinski definition) is 4. The average molecular weight is 515 g/mol. The minimum absolute atomic E-state index is 0.0698. The first-order chi connectivity index (χ1) is 16.4. The summed E-state index contributed by atoms with van der Waals surface area (Å²) in [6.07, 6.45) is 2.73. The molecule has 1 aromatic heterocycles. The minimum atomic E-state index is -1.92. The molecule has 4 atom stereocenters. The largest absolute Gasteiger partial charge is 0.441 e. The molecule has 4 unspecified atom stereocenters. The van der Waals surface area contributed by atoms with Gasteiger partial charge in [0.15, 0.2) is 0 Å². The highest BCUT2D eigenvalue weighted by Crippen LogP contribution is 2.63. The second-order valence-corrected chi connectivity index (χ2v) is 18.0. The summed E-state index contributed by atoms with van der Waals surface area (Å²) in [5, 5.41) is 7.96. The highest BCUT2D eigenvalue weighted by atomic mass is 35.5. The summed E-state index contributed by atoms with van der Waals surface area (Å²) in [4.78, 5) is 27.8. The van der Waals surface area contributed by atoms with Gasteiger partial charge in [0.05, 0.1) is 37.6 Å². The summed E-state index contributed by atoms with van der Waals surface area (Å²) in [6.45, 7) is 12.9. The van der Waals surface area contributed by atoms with E-state index >= 15 is 0 Å². The van der Waals surface area contributed by atoms with E-state index in [2.05, 4.69) is 50.3 Å². The normalized spacial score (nSPS) is 28.2. The van der Waals surface area contributed by atoms with E-state index in [0.29, 0.717) is 24.5 Å². The number of halogens is 1. The molecule has 0 radical (unpaired) electrons. The SMILES string of the molecule is Cn1ncc(Cl)c1CC1c2ccccc2C(=O)N1CC1CC2(CNC(=O)O2)C1[Si](C)(C)C(C)(C)C. The van der Waals surface area contributed by atoms with E-state index in [9.17, 15) is 9.59 Å². The zero-order valence-electron chi connectivity index (χ0n) is 21.4. The third kappa shape index (κ3) is 3.71. The van der Waals surface area contributed by atoms with Gasteiger partial charge in [-0.25, -0.2) is 4.79 Å². The molecule has 9 heteroatoms. The monoisotopic (exact) mass is 514 g/mol. The first-order valence-electron chi connectivity index (χ1n) is 12.4. The Labute approximate surface area is 213 Å². The Morgan fingerprint density at radius 1 is 1.26 bits per heavy atom. The van der Waals surface area contributed by atoms with Gasteiger partial charge in [-0.05, 0) is 29.0 Å². The van der Waals surface area contributed by atoms with Crippen LogP contribution >= 0.6 is 11.6 Å². The van der Waals surface area contributed by atoms with Crippen molar-refractivity contribution in [3.05, 3.63) is 52.3 Å². The van der Waals surface area contributed by atoms with E-state index in [0.717, 1.165) is 23.2 Å². The molecule has 1 spiro atoms. The Bertz CT molecular complexity index is 1170. The molecule has 1 aliphatic carbocycles. The van der Waals surface area contributed by atoms with Gasteiger partial charge >= 0.3 is 6.09 Å². The Balaban J connectivity index is 1.48.